The van der Waals surface area contributed by atoms with Crippen molar-refractivity contribution in [3.05, 3.63) is 56.8 Å². The maximum absolute atomic E-state index is 12.6. The summed E-state index contributed by atoms with van der Waals surface area (Å²) in [5.41, 5.74) is 6.65. The molecule has 6 rings (SSSR count). The van der Waals surface area contributed by atoms with Gasteiger partial charge in [0, 0.05) is 5.75 Å². The Morgan fingerprint density at radius 1 is 1.04 bits per heavy atom. The fourth-order valence-electron chi connectivity index (χ4n) is 5.79. The number of phosphoric acid groups is 2. The highest BCUT2D eigenvalue weighted by Gasteiger charge is 2.46. The average molecular weight is 820 g/mol. The number of nitrogens with two attached hydrogens (primary N) is 1. The minimum atomic E-state index is -5.54. The number of hydrogen-bond donors (Lipinski definition) is 12. The molecule has 9 atom stereocenters. The molecular formula is C27H35N9O15P2S. The van der Waals surface area contributed by atoms with Gasteiger partial charge in [0.2, 0.25) is 0 Å². The standard InChI is InChI=1S/C27H35N9O15P2S/c1-10-2-12-13(3-11(10)7-54)35(24-18(32-12)25(42)34-27(43)33-24)4-14(37)19(39)15(38)5-48-52(44,45)51-53(46,47)49-6-16-20(40)21(41)26(50-16)36-9-31-17-22(28)29-8-30-23(17)36/h2-3,8-9,14-16,19-21,26,32,37-41,54H,4-7H2,1H3,(H,44,45)(H,46,47)(H2,28,29,30)(H2,33,34,42,43)/t14-,15+,16+,19-,20+,21+,26+/m0/s1. The van der Waals surface area contributed by atoms with Gasteiger partial charge in [0.15, 0.2) is 17.7 Å². The van der Waals surface area contributed by atoms with Gasteiger partial charge in [-0.15, -0.1) is 0 Å². The third-order valence-corrected chi connectivity index (χ3v) is 11.5. The van der Waals surface area contributed by atoms with Gasteiger partial charge in [0.05, 0.1) is 37.5 Å². The number of fused-ring (bicyclic) bond motifs is 3. The van der Waals surface area contributed by atoms with Crippen molar-refractivity contribution in [2.45, 2.75) is 55.5 Å². The van der Waals surface area contributed by atoms with E-state index in [0.717, 1.165) is 17.5 Å². The van der Waals surface area contributed by atoms with Crippen molar-refractivity contribution in [3.8, 4) is 0 Å². The number of aryl methyl sites for hydroxylation is 1. The number of thiol groups is 1. The van der Waals surface area contributed by atoms with E-state index in [-0.39, 0.29) is 28.5 Å². The molecule has 0 bridgehead atoms. The van der Waals surface area contributed by atoms with Crippen molar-refractivity contribution < 1.29 is 62.5 Å². The smallest absolute Gasteiger partial charge is 0.388 e. The summed E-state index contributed by atoms with van der Waals surface area (Å²) >= 11 is 4.31. The van der Waals surface area contributed by atoms with Crippen molar-refractivity contribution in [3.63, 3.8) is 0 Å². The zero-order valence-electron chi connectivity index (χ0n) is 27.7. The lowest BCUT2D eigenvalue weighted by molar-refractivity contribution is -0.0719. The summed E-state index contributed by atoms with van der Waals surface area (Å²) in [6, 6.07) is 3.38. The Morgan fingerprint density at radius 2 is 1.76 bits per heavy atom. The molecule has 5 heterocycles. The summed E-state index contributed by atoms with van der Waals surface area (Å²) in [7, 11) is -11.0. The van der Waals surface area contributed by atoms with E-state index in [1.165, 1.54) is 15.8 Å². The Hall–Kier alpha value is -3.78. The summed E-state index contributed by atoms with van der Waals surface area (Å²) in [4.78, 5) is 62.7. The molecule has 3 aromatic heterocycles. The Balaban J connectivity index is 1.06. The summed E-state index contributed by atoms with van der Waals surface area (Å²) in [6.45, 7) is -0.932. The van der Waals surface area contributed by atoms with Crippen LogP contribution in [0.5, 0.6) is 0 Å². The fraction of sp³-hybridized carbons (Fsp3) is 0.444. The van der Waals surface area contributed by atoms with Gasteiger partial charge in [-0.05, 0) is 30.2 Å². The second-order valence-corrected chi connectivity index (χ2v) is 15.5. The van der Waals surface area contributed by atoms with E-state index in [1.54, 1.807) is 19.1 Å². The number of phosphoric ester groups is 2. The van der Waals surface area contributed by atoms with Crippen molar-refractivity contribution in [2.24, 2.45) is 0 Å². The predicted molar refractivity (Wildman–Crippen MR) is 188 cm³/mol. The number of nitrogens with zero attached hydrogens (tertiary/aromatic N) is 5. The summed E-state index contributed by atoms with van der Waals surface area (Å²) < 4.78 is 45.4. The van der Waals surface area contributed by atoms with E-state index in [9.17, 15) is 54.0 Å². The van der Waals surface area contributed by atoms with Gasteiger partial charge >= 0.3 is 21.3 Å². The number of rotatable bonds is 14. The third kappa shape index (κ3) is 8.10. The van der Waals surface area contributed by atoms with Gasteiger partial charge in [-0.1, -0.05) is 0 Å². The Bertz CT molecular complexity index is 2260. The number of aliphatic hydroxyl groups is 5. The van der Waals surface area contributed by atoms with Crippen LogP contribution in [0.2, 0.25) is 0 Å². The van der Waals surface area contributed by atoms with Crippen molar-refractivity contribution >= 4 is 68.1 Å². The number of aliphatic hydroxyl groups excluding tert-OH is 5. The summed E-state index contributed by atoms with van der Waals surface area (Å²) in [5.74, 6) is 0.255. The molecule has 2 aliphatic rings. The normalized spacial score (nSPS) is 23.5. The molecule has 294 valence electrons. The lowest BCUT2D eigenvalue weighted by Crippen LogP contribution is -2.46. The van der Waals surface area contributed by atoms with Crippen LogP contribution in [0.3, 0.4) is 0 Å². The molecule has 0 radical (unpaired) electrons. The zero-order chi connectivity index (χ0) is 39.3. The molecule has 2 unspecified atom stereocenters. The molecule has 1 aromatic carbocycles. The van der Waals surface area contributed by atoms with Gasteiger partial charge in [0.1, 0.15) is 60.0 Å². The van der Waals surface area contributed by atoms with Crippen LogP contribution in [0, 0.1) is 6.92 Å². The number of imidazole rings is 1. The number of nitrogen functional groups attached to an aromatic ring is 1. The quantitative estimate of drug-likeness (QED) is 0.0502. The molecule has 27 heteroatoms. The number of H-pyrrole nitrogens is 2. The number of β-amino-alcohol motifs (C(OH)–C–C–N with tert-alkyl or cyclic N) is 1. The van der Waals surface area contributed by atoms with E-state index in [1.807, 2.05) is 0 Å². The lowest BCUT2D eigenvalue weighted by atomic mass is 10.0. The van der Waals surface area contributed by atoms with Gasteiger partial charge < -0.3 is 56.0 Å². The van der Waals surface area contributed by atoms with E-state index in [2.05, 4.69) is 51.7 Å². The van der Waals surface area contributed by atoms with E-state index in [0.29, 0.717) is 17.1 Å². The molecule has 1 saturated heterocycles. The maximum Gasteiger partial charge on any atom is 0.481 e. The van der Waals surface area contributed by atoms with Gasteiger partial charge in [-0.25, -0.2) is 28.9 Å². The second kappa shape index (κ2) is 15.4. The number of nitrogens with one attached hydrogen (secondary N) is 3. The molecule has 54 heavy (non-hydrogen) atoms. The SMILES string of the molecule is Cc1cc2c(cc1CS)N(C[C@H](O)[C@H](O)[C@H](O)COP(=O)(O)OP(=O)(O)OC[C@H]1O[C@@H](n3cnc4c(N)ncnc43)[C@H](O)[C@@H]1O)c1[nH]c(=O)[nH]c(=O)c1N2. The van der Waals surface area contributed by atoms with E-state index in [4.69, 9.17) is 15.0 Å². The average Bonchev–Trinajstić information content (AvgIpc) is 3.66. The van der Waals surface area contributed by atoms with Crippen molar-refractivity contribution in [1.29, 1.82) is 0 Å². The number of anilines is 5. The summed E-state index contributed by atoms with van der Waals surface area (Å²) in [5, 5.41) is 56.1. The summed E-state index contributed by atoms with van der Waals surface area (Å²) in [6.07, 6.45) is -9.90. The number of aromatic nitrogens is 6. The molecule has 0 amide bonds. The number of hydrogen-bond acceptors (Lipinski definition) is 20. The first-order valence-electron chi connectivity index (χ1n) is 15.7. The molecule has 12 N–H and O–H groups in total. The predicted octanol–water partition coefficient (Wildman–Crippen LogP) is -1.63. The highest BCUT2D eigenvalue weighted by molar-refractivity contribution is 7.79. The monoisotopic (exact) mass is 819 g/mol. The first kappa shape index (κ1) is 39.9. The van der Waals surface area contributed by atoms with Crippen LogP contribution in [0.15, 0.2) is 34.4 Å². The van der Waals surface area contributed by atoms with Gasteiger partial charge in [-0.2, -0.15) is 16.9 Å². The van der Waals surface area contributed by atoms with E-state index >= 15 is 0 Å². The first-order chi connectivity index (χ1) is 25.4. The number of ether oxygens (including phenoxy) is 1. The Labute approximate surface area is 307 Å². The third-order valence-electron chi connectivity index (χ3n) is 8.54. The van der Waals surface area contributed by atoms with Crippen molar-refractivity contribution in [2.75, 3.05) is 35.7 Å². The second-order valence-electron chi connectivity index (χ2n) is 12.2. The Kier molecular flexibility index (Phi) is 11.4. The van der Waals surface area contributed by atoms with Crippen LogP contribution in [0.1, 0.15) is 17.4 Å². The zero-order valence-corrected chi connectivity index (χ0v) is 30.4. The van der Waals surface area contributed by atoms with Crippen LogP contribution in [0.25, 0.3) is 11.2 Å². The van der Waals surface area contributed by atoms with Gasteiger partial charge in [0.25, 0.3) is 5.56 Å². The lowest BCUT2D eigenvalue weighted by Gasteiger charge is -2.36. The molecule has 0 aliphatic carbocycles. The highest BCUT2D eigenvalue weighted by atomic mass is 32.1. The van der Waals surface area contributed by atoms with Crippen LogP contribution in [-0.4, -0.2) is 121 Å². The minimum absolute atomic E-state index is 0.0297. The van der Waals surface area contributed by atoms with Crippen LogP contribution in [-0.2, 0) is 33.0 Å². The van der Waals surface area contributed by atoms with Crippen LogP contribution < -0.4 is 27.2 Å². The minimum Gasteiger partial charge on any atom is -0.388 e. The number of aromatic amines is 2. The first-order valence-corrected chi connectivity index (χ1v) is 19.3. The highest BCUT2D eigenvalue weighted by Crippen LogP contribution is 2.60. The molecule has 1 fully saturated rings. The van der Waals surface area contributed by atoms with E-state index < -0.39 is 89.5 Å². The molecule has 2 aliphatic heterocycles. The molecule has 0 spiro atoms. The largest absolute Gasteiger partial charge is 0.481 e. The Morgan fingerprint density at radius 3 is 2.48 bits per heavy atom. The fourth-order valence-corrected chi connectivity index (χ4v) is 8.23. The van der Waals surface area contributed by atoms with Crippen LogP contribution in [0.4, 0.5) is 28.7 Å². The van der Waals surface area contributed by atoms with Gasteiger partial charge in [-0.3, -0.25) is 28.4 Å². The molecule has 0 saturated carbocycles. The van der Waals surface area contributed by atoms with Crippen LogP contribution >= 0.6 is 28.3 Å². The van der Waals surface area contributed by atoms with Crippen molar-refractivity contribution in [1.82, 2.24) is 29.5 Å². The topological polar surface area (TPSA) is 363 Å². The number of benzene rings is 1. The molecule has 24 nitrogen and oxygen atoms in total. The molecule has 4 aromatic rings. The maximum atomic E-state index is 12.6. The molecular weight excluding hydrogens is 784 g/mol.